The number of rotatable bonds is 3. The van der Waals surface area contributed by atoms with Gasteiger partial charge < -0.3 is 14.4 Å². The van der Waals surface area contributed by atoms with Crippen LogP contribution < -0.4 is 4.90 Å². The molecule has 0 saturated carbocycles. The summed E-state index contributed by atoms with van der Waals surface area (Å²) in [4.78, 5) is 6.61. The van der Waals surface area contributed by atoms with Crippen molar-refractivity contribution in [3.05, 3.63) is 48.7 Å². The molecule has 6 heteroatoms. The number of aliphatic hydroxyl groups is 1. The largest absolute Gasteiger partial charge is 0.454 e. The maximum atomic E-state index is 9.58. The third kappa shape index (κ3) is 2.29. The van der Waals surface area contributed by atoms with E-state index in [2.05, 4.69) is 9.88 Å². The van der Waals surface area contributed by atoms with Crippen LogP contribution in [0.25, 0.3) is 28.1 Å². The van der Waals surface area contributed by atoms with Crippen molar-refractivity contribution in [2.24, 2.45) is 0 Å². The normalized spacial score (nSPS) is 17.8. The van der Waals surface area contributed by atoms with Gasteiger partial charge in [-0.25, -0.2) is 9.50 Å². The quantitative estimate of drug-likeness (QED) is 0.623. The lowest BCUT2D eigenvalue weighted by atomic mass is 10.2. The molecule has 1 N–H and O–H groups in total. The van der Waals surface area contributed by atoms with Crippen molar-refractivity contribution in [3.63, 3.8) is 0 Å². The molecule has 0 amide bonds. The Morgan fingerprint density at radius 1 is 1.20 bits per heavy atom. The Labute approximate surface area is 144 Å². The number of hydrogen-bond donors (Lipinski definition) is 1. The Balaban J connectivity index is 1.62. The average molecular weight is 334 g/mol. The molecule has 1 aliphatic rings. The number of fused-ring (bicyclic) bond motifs is 2. The van der Waals surface area contributed by atoms with Gasteiger partial charge in [-0.05, 0) is 37.1 Å². The Bertz CT molecular complexity index is 1020. The van der Waals surface area contributed by atoms with Crippen molar-refractivity contribution in [2.45, 2.75) is 18.9 Å². The van der Waals surface area contributed by atoms with Gasteiger partial charge in [0.15, 0.2) is 11.4 Å². The number of hydrogen-bond acceptors (Lipinski definition) is 5. The Morgan fingerprint density at radius 3 is 3.00 bits per heavy atom. The van der Waals surface area contributed by atoms with Crippen LogP contribution in [0.1, 0.15) is 12.8 Å². The van der Waals surface area contributed by atoms with E-state index < -0.39 is 0 Å². The summed E-state index contributed by atoms with van der Waals surface area (Å²) < 4.78 is 7.79. The zero-order valence-electron chi connectivity index (χ0n) is 13.7. The molecule has 0 spiro atoms. The molecular formula is C19H18N4O2. The summed E-state index contributed by atoms with van der Waals surface area (Å²) in [6.07, 6.45) is 3.86. The maximum absolute atomic E-state index is 9.58. The molecule has 6 nitrogen and oxygen atoms in total. The van der Waals surface area contributed by atoms with Gasteiger partial charge >= 0.3 is 0 Å². The highest BCUT2D eigenvalue weighted by atomic mass is 16.3. The van der Waals surface area contributed by atoms with Crippen LogP contribution in [0.4, 0.5) is 5.82 Å². The van der Waals surface area contributed by atoms with Crippen molar-refractivity contribution in [3.8, 4) is 11.5 Å². The SMILES string of the molecule is OCC1CCCN1c1ccc2ncc(-c3cc4ccccc4o3)n2n1. The first-order valence-electron chi connectivity index (χ1n) is 8.55. The highest BCUT2D eigenvalue weighted by Crippen LogP contribution is 2.29. The standard InChI is InChI=1S/C19H18N4O2/c24-12-14-5-3-9-22(14)19-8-7-18-20-11-15(23(18)21-19)17-10-13-4-1-2-6-16(13)25-17/h1-2,4,6-8,10-11,14,24H,3,5,9,12H2. The van der Waals surface area contributed by atoms with Crippen molar-refractivity contribution >= 4 is 22.4 Å². The Hall–Kier alpha value is -2.86. The predicted octanol–water partition coefficient (Wildman–Crippen LogP) is 3.10. The van der Waals surface area contributed by atoms with Gasteiger partial charge in [-0.1, -0.05) is 18.2 Å². The molecule has 0 radical (unpaired) electrons. The first-order chi connectivity index (χ1) is 12.3. The van der Waals surface area contributed by atoms with E-state index in [0.29, 0.717) is 0 Å². The van der Waals surface area contributed by atoms with Crippen LogP contribution in [0.3, 0.4) is 0 Å². The molecule has 1 atom stereocenters. The highest BCUT2D eigenvalue weighted by molar-refractivity contribution is 5.82. The number of imidazole rings is 1. The molecule has 1 saturated heterocycles. The second-order valence-corrected chi connectivity index (χ2v) is 6.43. The monoisotopic (exact) mass is 334 g/mol. The first kappa shape index (κ1) is 14.5. The van der Waals surface area contributed by atoms with E-state index in [9.17, 15) is 5.11 Å². The van der Waals surface area contributed by atoms with E-state index in [1.807, 2.05) is 47.0 Å². The number of aromatic nitrogens is 3. The van der Waals surface area contributed by atoms with Gasteiger partial charge in [0, 0.05) is 11.9 Å². The van der Waals surface area contributed by atoms with E-state index in [-0.39, 0.29) is 12.6 Å². The number of furan rings is 1. The zero-order chi connectivity index (χ0) is 16.8. The fourth-order valence-electron chi connectivity index (χ4n) is 3.62. The number of benzene rings is 1. The Morgan fingerprint density at radius 2 is 2.12 bits per heavy atom. The molecule has 3 aromatic heterocycles. The van der Waals surface area contributed by atoms with Gasteiger partial charge in [0.05, 0.1) is 18.8 Å². The van der Waals surface area contributed by atoms with Crippen molar-refractivity contribution in [2.75, 3.05) is 18.1 Å². The average Bonchev–Trinajstić information content (AvgIpc) is 3.37. The zero-order valence-corrected chi connectivity index (χ0v) is 13.7. The fourth-order valence-corrected chi connectivity index (χ4v) is 3.62. The molecule has 126 valence electrons. The van der Waals surface area contributed by atoms with Crippen LogP contribution in [-0.2, 0) is 0 Å². The van der Waals surface area contributed by atoms with Crippen LogP contribution in [0, 0.1) is 0 Å². The third-order valence-corrected chi connectivity index (χ3v) is 4.91. The summed E-state index contributed by atoms with van der Waals surface area (Å²) in [5, 5.41) is 15.4. The lowest BCUT2D eigenvalue weighted by Crippen LogP contribution is -2.33. The molecule has 25 heavy (non-hydrogen) atoms. The fraction of sp³-hybridized carbons (Fsp3) is 0.263. The minimum atomic E-state index is 0.142. The van der Waals surface area contributed by atoms with Crippen molar-refractivity contribution in [1.82, 2.24) is 14.6 Å². The molecule has 1 unspecified atom stereocenters. The van der Waals surface area contributed by atoms with Gasteiger partial charge in [-0.3, -0.25) is 0 Å². The van der Waals surface area contributed by atoms with Crippen molar-refractivity contribution in [1.29, 1.82) is 0 Å². The minimum Gasteiger partial charge on any atom is -0.454 e. The lowest BCUT2D eigenvalue weighted by molar-refractivity contribution is 0.266. The maximum Gasteiger partial charge on any atom is 0.155 e. The second kappa shape index (κ2) is 5.60. The summed E-state index contributed by atoms with van der Waals surface area (Å²) in [6, 6.07) is 14.0. The Kier molecular flexibility index (Phi) is 3.24. The summed E-state index contributed by atoms with van der Waals surface area (Å²) >= 11 is 0. The van der Waals surface area contributed by atoms with Crippen LogP contribution in [0.15, 0.2) is 53.1 Å². The van der Waals surface area contributed by atoms with Gasteiger partial charge in [0.2, 0.25) is 0 Å². The van der Waals surface area contributed by atoms with E-state index in [1.165, 1.54) is 0 Å². The topological polar surface area (TPSA) is 66.8 Å². The van der Waals surface area contributed by atoms with E-state index >= 15 is 0 Å². The number of anilines is 1. The van der Waals surface area contributed by atoms with Crippen LogP contribution in [0.5, 0.6) is 0 Å². The van der Waals surface area contributed by atoms with Gasteiger partial charge in [-0.15, -0.1) is 5.10 Å². The van der Waals surface area contributed by atoms with Gasteiger partial charge in [-0.2, -0.15) is 0 Å². The number of aliphatic hydroxyl groups excluding tert-OH is 1. The predicted molar refractivity (Wildman–Crippen MR) is 95.6 cm³/mol. The molecule has 4 heterocycles. The molecular weight excluding hydrogens is 316 g/mol. The molecule has 5 rings (SSSR count). The first-order valence-corrected chi connectivity index (χ1v) is 8.55. The van der Waals surface area contributed by atoms with Crippen LogP contribution in [0.2, 0.25) is 0 Å². The molecule has 1 aromatic carbocycles. The molecule has 0 bridgehead atoms. The molecule has 1 fully saturated rings. The minimum absolute atomic E-state index is 0.142. The van der Waals surface area contributed by atoms with E-state index in [1.54, 1.807) is 6.20 Å². The number of para-hydroxylation sites is 1. The summed E-state index contributed by atoms with van der Waals surface area (Å²) in [6.45, 7) is 1.07. The van der Waals surface area contributed by atoms with Crippen LogP contribution in [-0.4, -0.2) is 38.9 Å². The summed E-state index contributed by atoms with van der Waals surface area (Å²) in [5.41, 5.74) is 2.45. The van der Waals surface area contributed by atoms with Gasteiger partial charge in [0.1, 0.15) is 17.1 Å². The molecule has 0 aliphatic carbocycles. The smallest absolute Gasteiger partial charge is 0.155 e. The summed E-state index contributed by atoms with van der Waals surface area (Å²) in [5.74, 6) is 1.61. The van der Waals surface area contributed by atoms with E-state index in [0.717, 1.165) is 53.3 Å². The van der Waals surface area contributed by atoms with Gasteiger partial charge in [0.25, 0.3) is 0 Å². The number of nitrogens with zero attached hydrogens (tertiary/aromatic N) is 4. The highest BCUT2D eigenvalue weighted by Gasteiger charge is 2.25. The molecule has 1 aliphatic heterocycles. The second-order valence-electron chi connectivity index (χ2n) is 6.43. The van der Waals surface area contributed by atoms with Crippen LogP contribution >= 0.6 is 0 Å². The lowest BCUT2D eigenvalue weighted by Gasteiger charge is -2.23. The summed E-state index contributed by atoms with van der Waals surface area (Å²) in [7, 11) is 0. The third-order valence-electron chi connectivity index (χ3n) is 4.91. The van der Waals surface area contributed by atoms with Crippen molar-refractivity contribution < 1.29 is 9.52 Å². The molecule has 4 aromatic rings. The van der Waals surface area contributed by atoms with E-state index in [4.69, 9.17) is 9.52 Å².